The molecule has 2 fully saturated rings. The number of fused-ring (bicyclic) bond motifs is 1. The molecule has 108 valence electrons. The van der Waals surface area contributed by atoms with Gasteiger partial charge < -0.3 is 14.4 Å². The summed E-state index contributed by atoms with van der Waals surface area (Å²) in [5, 5.41) is 8.97. The number of ether oxygens (including phenoxy) is 1. The van der Waals surface area contributed by atoms with Gasteiger partial charge in [-0.25, -0.2) is 4.79 Å². The van der Waals surface area contributed by atoms with E-state index in [4.69, 9.17) is 9.84 Å². The van der Waals surface area contributed by atoms with Gasteiger partial charge in [-0.05, 0) is 25.5 Å². The van der Waals surface area contributed by atoms with E-state index < -0.39 is 5.97 Å². The first-order valence-electron chi connectivity index (χ1n) is 6.93. The number of rotatable bonds is 3. The van der Waals surface area contributed by atoms with E-state index >= 15 is 0 Å². The standard InChI is InChI=1S/C14H18N2O4/c17-13-4-3-10(14(18)19)6-16(13)8-12-7-15-5-1-2-11(15)9-20-12/h3-4,6,11-12H,1-2,5,7-9H2,(H,18,19). The predicted octanol–water partition coefficient (Wildman–Crippen LogP) is 0.410. The number of nitrogens with zero attached hydrogens (tertiary/aromatic N) is 2. The van der Waals surface area contributed by atoms with E-state index in [1.165, 1.54) is 35.7 Å². The third kappa shape index (κ3) is 2.62. The van der Waals surface area contributed by atoms with Crippen molar-refractivity contribution < 1.29 is 14.6 Å². The van der Waals surface area contributed by atoms with Crippen molar-refractivity contribution in [3.8, 4) is 0 Å². The van der Waals surface area contributed by atoms with Crippen LogP contribution in [-0.2, 0) is 11.3 Å². The molecule has 2 atom stereocenters. The summed E-state index contributed by atoms with van der Waals surface area (Å²) in [4.78, 5) is 25.2. The molecule has 1 N–H and O–H groups in total. The van der Waals surface area contributed by atoms with Crippen molar-refractivity contribution in [3.05, 3.63) is 34.2 Å². The van der Waals surface area contributed by atoms with Crippen molar-refractivity contribution in [2.45, 2.75) is 31.5 Å². The van der Waals surface area contributed by atoms with Crippen molar-refractivity contribution in [2.24, 2.45) is 0 Å². The highest BCUT2D eigenvalue weighted by molar-refractivity contribution is 5.87. The van der Waals surface area contributed by atoms with Gasteiger partial charge in [-0.2, -0.15) is 0 Å². The second-order valence-electron chi connectivity index (χ2n) is 5.46. The molecule has 2 aliphatic rings. The second kappa shape index (κ2) is 5.38. The van der Waals surface area contributed by atoms with E-state index in [0.29, 0.717) is 19.2 Å². The first-order chi connectivity index (χ1) is 9.63. The Hall–Kier alpha value is -1.66. The number of morpholine rings is 1. The number of carbonyl (C=O) groups is 1. The van der Waals surface area contributed by atoms with Crippen LogP contribution in [0.15, 0.2) is 23.1 Å². The molecule has 0 bridgehead atoms. The van der Waals surface area contributed by atoms with Gasteiger partial charge in [0.05, 0.1) is 24.8 Å². The summed E-state index contributed by atoms with van der Waals surface area (Å²) in [5.41, 5.74) is -0.0680. The number of carboxylic acid groups (broad SMARTS) is 1. The van der Waals surface area contributed by atoms with Crippen LogP contribution in [0.4, 0.5) is 0 Å². The van der Waals surface area contributed by atoms with Gasteiger partial charge in [0.1, 0.15) is 0 Å². The zero-order valence-electron chi connectivity index (χ0n) is 11.2. The normalized spacial score (nSPS) is 26.4. The fourth-order valence-electron chi connectivity index (χ4n) is 3.02. The lowest BCUT2D eigenvalue weighted by Gasteiger charge is -2.35. The van der Waals surface area contributed by atoms with E-state index in [-0.39, 0.29) is 17.2 Å². The van der Waals surface area contributed by atoms with Gasteiger partial charge in [0.25, 0.3) is 5.56 Å². The minimum Gasteiger partial charge on any atom is -0.478 e. The van der Waals surface area contributed by atoms with Crippen LogP contribution < -0.4 is 5.56 Å². The van der Waals surface area contributed by atoms with Crippen LogP contribution in [0.5, 0.6) is 0 Å². The van der Waals surface area contributed by atoms with Gasteiger partial charge in [-0.15, -0.1) is 0 Å². The van der Waals surface area contributed by atoms with Crippen LogP contribution in [0.3, 0.4) is 0 Å². The molecule has 0 aliphatic carbocycles. The molecular formula is C14H18N2O4. The minimum absolute atomic E-state index is 0.0499. The Bertz CT molecular complexity index is 569. The highest BCUT2D eigenvalue weighted by Crippen LogP contribution is 2.22. The van der Waals surface area contributed by atoms with Gasteiger partial charge in [0, 0.05) is 24.8 Å². The van der Waals surface area contributed by atoms with E-state index in [2.05, 4.69) is 4.90 Å². The van der Waals surface area contributed by atoms with Gasteiger partial charge in [-0.3, -0.25) is 9.69 Å². The summed E-state index contributed by atoms with van der Waals surface area (Å²) in [7, 11) is 0. The van der Waals surface area contributed by atoms with Gasteiger partial charge >= 0.3 is 5.97 Å². The maximum Gasteiger partial charge on any atom is 0.337 e. The molecule has 2 saturated heterocycles. The fraction of sp³-hybridized carbons (Fsp3) is 0.571. The molecule has 3 rings (SSSR count). The highest BCUT2D eigenvalue weighted by atomic mass is 16.5. The van der Waals surface area contributed by atoms with Crippen LogP contribution in [-0.4, -0.2) is 52.4 Å². The average Bonchev–Trinajstić information content (AvgIpc) is 2.88. The fourth-order valence-corrected chi connectivity index (χ4v) is 3.02. The van der Waals surface area contributed by atoms with E-state index in [1.54, 1.807) is 0 Å². The summed E-state index contributed by atoms with van der Waals surface area (Å²) in [6.07, 6.45) is 3.73. The number of aromatic nitrogens is 1. The van der Waals surface area contributed by atoms with Crippen molar-refractivity contribution in [3.63, 3.8) is 0 Å². The second-order valence-corrected chi connectivity index (χ2v) is 5.46. The summed E-state index contributed by atoms with van der Waals surface area (Å²) >= 11 is 0. The van der Waals surface area contributed by atoms with Crippen LogP contribution in [0.1, 0.15) is 23.2 Å². The van der Waals surface area contributed by atoms with Gasteiger partial charge in [-0.1, -0.05) is 0 Å². The lowest BCUT2D eigenvalue weighted by molar-refractivity contribution is -0.0555. The molecule has 20 heavy (non-hydrogen) atoms. The molecule has 6 heteroatoms. The maximum atomic E-state index is 11.8. The van der Waals surface area contributed by atoms with Crippen LogP contribution in [0.25, 0.3) is 0 Å². The van der Waals surface area contributed by atoms with Gasteiger partial charge in [0.2, 0.25) is 0 Å². The summed E-state index contributed by atoms with van der Waals surface area (Å²) in [6.45, 7) is 3.02. The number of aromatic carboxylic acids is 1. The van der Waals surface area contributed by atoms with Crippen molar-refractivity contribution in [1.29, 1.82) is 0 Å². The molecule has 2 unspecified atom stereocenters. The molecule has 0 saturated carbocycles. The average molecular weight is 278 g/mol. The van der Waals surface area contributed by atoms with Crippen LogP contribution in [0.2, 0.25) is 0 Å². The molecule has 0 amide bonds. The molecular weight excluding hydrogens is 260 g/mol. The first kappa shape index (κ1) is 13.3. The third-order valence-electron chi connectivity index (χ3n) is 4.09. The SMILES string of the molecule is O=C(O)c1ccc(=O)n(CC2CN3CCCC3CO2)c1. The molecule has 6 nitrogen and oxygen atoms in total. The molecule has 3 heterocycles. The van der Waals surface area contributed by atoms with Gasteiger partial charge in [0.15, 0.2) is 0 Å². The Morgan fingerprint density at radius 1 is 1.45 bits per heavy atom. The molecule has 0 aromatic carbocycles. The number of hydrogen-bond acceptors (Lipinski definition) is 4. The number of pyridine rings is 1. The summed E-state index contributed by atoms with van der Waals surface area (Å²) in [6, 6.07) is 3.15. The Labute approximate surface area is 116 Å². The lowest BCUT2D eigenvalue weighted by Crippen LogP contribution is -2.48. The quantitative estimate of drug-likeness (QED) is 0.867. The molecule has 1 aromatic rings. The topological polar surface area (TPSA) is 71.8 Å². The minimum atomic E-state index is -1.03. The Balaban J connectivity index is 1.73. The van der Waals surface area contributed by atoms with Crippen LogP contribution in [0, 0.1) is 0 Å². The maximum absolute atomic E-state index is 11.8. The monoisotopic (exact) mass is 278 g/mol. The highest BCUT2D eigenvalue weighted by Gasteiger charge is 2.32. The zero-order chi connectivity index (χ0) is 14.1. The zero-order valence-corrected chi connectivity index (χ0v) is 11.2. The number of carboxylic acids is 1. The predicted molar refractivity (Wildman–Crippen MR) is 72.0 cm³/mol. The Morgan fingerprint density at radius 2 is 2.30 bits per heavy atom. The van der Waals surface area contributed by atoms with E-state index in [1.807, 2.05) is 0 Å². The molecule has 0 spiro atoms. The Kier molecular flexibility index (Phi) is 3.58. The third-order valence-corrected chi connectivity index (χ3v) is 4.09. The van der Waals surface area contributed by atoms with Crippen molar-refractivity contribution >= 4 is 5.97 Å². The first-order valence-corrected chi connectivity index (χ1v) is 6.93. The molecule has 0 radical (unpaired) electrons. The van der Waals surface area contributed by atoms with Crippen LogP contribution >= 0.6 is 0 Å². The van der Waals surface area contributed by atoms with E-state index in [9.17, 15) is 9.59 Å². The molecule has 1 aromatic heterocycles. The van der Waals surface area contributed by atoms with E-state index in [0.717, 1.165) is 13.1 Å². The largest absolute Gasteiger partial charge is 0.478 e. The number of hydrogen-bond donors (Lipinski definition) is 1. The van der Waals surface area contributed by atoms with Crippen molar-refractivity contribution in [1.82, 2.24) is 9.47 Å². The summed E-state index contributed by atoms with van der Waals surface area (Å²) < 4.78 is 7.24. The summed E-state index contributed by atoms with van der Waals surface area (Å²) in [5.74, 6) is -1.03. The lowest BCUT2D eigenvalue weighted by atomic mass is 10.2. The molecule has 2 aliphatic heterocycles. The van der Waals surface area contributed by atoms with Crippen molar-refractivity contribution in [2.75, 3.05) is 19.7 Å². The smallest absolute Gasteiger partial charge is 0.337 e. The Morgan fingerprint density at radius 3 is 3.10 bits per heavy atom.